The second-order valence-electron chi connectivity index (χ2n) is 4.76. The van der Waals surface area contributed by atoms with E-state index >= 15 is 0 Å². The number of benzene rings is 1. The van der Waals surface area contributed by atoms with Gasteiger partial charge in [-0.3, -0.25) is 0 Å². The Hall–Kier alpha value is -1.62. The van der Waals surface area contributed by atoms with Crippen LogP contribution in [0.25, 0.3) is 11.4 Å². The molecule has 2 N–H and O–H groups in total. The molecule has 94 valence electrons. The van der Waals surface area contributed by atoms with Crippen molar-refractivity contribution in [2.75, 3.05) is 5.73 Å². The standard InChI is InChI=1S/C12H14ClN5/c1-7(8-2-3-8)18-12(15-16-17-18)10-6-9(13)4-5-11(10)14/h4-8H,2-3,14H2,1H3. The summed E-state index contributed by atoms with van der Waals surface area (Å²) in [6.07, 6.45) is 2.48. The Morgan fingerprint density at radius 2 is 2.22 bits per heavy atom. The van der Waals surface area contributed by atoms with E-state index in [0.717, 1.165) is 5.56 Å². The van der Waals surface area contributed by atoms with Gasteiger partial charge in [0.05, 0.1) is 6.04 Å². The molecule has 5 nitrogen and oxygen atoms in total. The lowest BCUT2D eigenvalue weighted by molar-refractivity contribution is 0.433. The fourth-order valence-corrected chi connectivity index (χ4v) is 2.32. The molecule has 1 heterocycles. The van der Waals surface area contributed by atoms with E-state index in [9.17, 15) is 0 Å². The normalized spacial score (nSPS) is 16.8. The monoisotopic (exact) mass is 263 g/mol. The lowest BCUT2D eigenvalue weighted by Gasteiger charge is -2.13. The average molecular weight is 264 g/mol. The summed E-state index contributed by atoms with van der Waals surface area (Å²) in [6.45, 7) is 2.14. The third-order valence-electron chi connectivity index (χ3n) is 3.44. The third-order valence-corrected chi connectivity index (χ3v) is 3.67. The minimum Gasteiger partial charge on any atom is -0.398 e. The minimum absolute atomic E-state index is 0.299. The molecule has 1 saturated carbocycles. The van der Waals surface area contributed by atoms with E-state index in [2.05, 4.69) is 22.4 Å². The minimum atomic E-state index is 0.299. The predicted octanol–water partition coefficient (Wildman–Crippen LogP) is 2.55. The number of hydrogen-bond donors (Lipinski definition) is 1. The van der Waals surface area contributed by atoms with Gasteiger partial charge in [0.15, 0.2) is 5.82 Å². The summed E-state index contributed by atoms with van der Waals surface area (Å²) in [6, 6.07) is 5.64. The van der Waals surface area contributed by atoms with E-state index in [4.69, 9.17) is 17.3 Å². The first kappa shape index (κ1) is 11.5. The second-order valence-corrected chi connectivity index (χ2v) is 5.19. The Balaban J connectivity index is 2.06. The molecule has 1 aliphatic carbocycles. The SMILES string of the molecule is CC(C1CC1)n1nnnc1-c1cc(Cl)ccc1N. The predicted molar refractivity (Wildman–Crippen MR) is 70.1 cm³/mol. The van der Waals surface area contributed by atoms with E-state index in [-0.39, 0.29) is 0 Å². The molecule has 0 amide bonds. The van der Waals surface area contributed by atoms with Gasteiger partial charge in [0.2, 0.25) is 0 Å². The molecule has 0 saturated heterocycles. The van der Waals surface area contributed by atoms with Gasteiger partial charge >= 0.3 is 0 Å². The highest BCUT2D eigenvalue weighted by atomic mass is 35.5. The molecule has 1 aliphatic rings. The van der Waals surface area contributed by atoms with Gasteiger partial charge in [-0.1, -0.05) is 11.6 Å². The number of hydrogen-bond acceptors (Lipinski definition) is 4. The van der Waals surface area contributed by atoms with Crippen LogP contribution in [0.15, 0.2) is 18.2 Å². The van der Waals surface area contributed by atoms with Crippen molar-refractivity contribution < 1.29 is 0 Å². The van der Waals surface area contributed by atoms with Crippen molar-refractivity contribution in [2.24, 2.45) is 5.92 Å². The van der Waals surface area contributed by atoms with Gasteiger partial charge in [-0.05, 0) is 54.3 Å². The summed E-state index contributed by atoms with van der Waals surface area (Å²) in [7, 11) is 0. The van der Waals surface area contributed by atoms with Crippen LogP contribution >= 0.6 is 11.6 Å². The molecule has 2 aromatic rings. The number of anilines is 1. The van der Waals surface area contributed by atoms with Gasteiger partial charge in [0, 0.05) is 16.3 Å². The first-order chi connectivity index (χ1) is 8.66. The Morgan fingerprint density at radius 3 is 2.94 bits per heavy atom. The molecule has 0 bridgehead atoms. The fraction of sp³-hybridized carbons (Fsp3) is 0.417. The first-order valence-corrected chi connectivity index (χ1v) is 6.38. The Kier molecular flexibility index (Phi) is 2.70. The zero-order valence-corrected chi connectivity index (χ0v) is 10.8. The number of halogens is 1. The van der Waals surface area contributed by atoms with Crippen LogP contribution in [0.4, 0.5) is 5.69 Å². The van der Waals surface area contributed by atoms with Crippen LogP contribution in [0, 0.1) is 5.92 Å². The molecule has 1 atom stereocenters. The van der Waals surface area contributed by atoms with Crippen molar-refractivity contribution in [3.8, 4) is 11.4 Å². The Morgan fingerprint density at radius 1 is 1.44 bits per heavy atom. The average Bonchev–Trinajstić information content (AvgIpc) is 3.09. The molecule has 0 radical (unpaired) electrons. The second kappa shape index (κ2) is 4.24. The maximum Gasteiger partial charge on any atom is 0.184 e. The summed E-state index contributed by atoms with van der Waals surface area (Å²) in [5.41, 5.74) is 7.40. The number of nitrogens with two attached hydrogens (primary N) is 1. The van der Waals surface area contributed by atoms with E-state index < -0.39 is 0 Å². The number of rotatable bonds is 3. The maximum atomic E-state index is 6.01. The summed E-state index contributed by atoms with van der Waals surface area (Å²) < 4.78 is 1.85. The summed E-state index contributed by atoms with van der Waals surface area (Å²) in [4.78, 5) is 0. The van der Waals surface area contributed by atoms with Crippen LogP contribution in [0.3, 0.4) is 0 Å². The number of nitrogens with zero attached hydrogens (tertiary/aromatic N) is 4. The van der Waals surface area contributed by atoms with Crippen LogP contribution in [0.1, 0.15) is 25.8 Å². The van der Waals surface area contributed by atoms with Crippen molar-refractivity contribution in [2.45, 2.75) is 25.8 Å². The van der Waals surface area contributed by atoms with Gasteiger partial charge in [-0.25, -0.2) is 4.68 Å². The van der Waals surface area contributed by atoms with Crippen molar-refractivity contribution in [1.29, 1.82) is 0 Å². The van der Waals surface area contributed by atoms with E-state index in [0.29, 0.717) is 28.5 Å². The molecular weight excluding hydrogens is 250 g/mol. The van der Waals surface area contributed by atoms with Gasteiger partial charge in [-0.15, -0.1) is 5.10 Å². The summed E-state index contributed by atoms with van der Waals surface area (Å²) >= 11 is 6.01. The number of tetrazole rings is 1. The van der Waals surface area contributed by atoms with Crippen LogP contribution in [-0.2, 0) is 0 Å². The zero-order valence-electron chi connectivity index (χ0n) is 10.0. The van der Waals surface area contributed by atoms with E-state index in [1.165, 1.54) is 12.8 Å². The summed E-state index contributed by atoms with van der Waals surface area (Å²) in [5.74, 6) is 1.36. The largest absolute Gasteiger partial charge is 0.398 e. The molecule has 1 fully saturated rings. The van der Waals surface area contributed by atoms with Crippen LogP contribution in [-0.4, -0.2) is 20.2 Å². The van der Waals surface area contributed by atoms with Crippen LogP contribution < -0.4 is 5.73 Å². The molecule has 1 aromatic carbocycles. The molecule has 6 heteroatoms. The van der Waals surface area contributed by atoms with Crippen molar-refractivity contribution in [3.63, 3.8) is 0 Å². The van der Waals surface area contributed by atoms with Gasteiger partial charge < -0.3 is 5.73 Å². The third kappa shape index (κ3) is 1.95. The summed E-state index contributed by atoms with van der Waals surface area (Å²) in [5, 5.41) is 12.6. The molecule has 1 aromatic heterocycles. The van der Waals surface area contributed by atoms with Crippen molar-refractivity contribution in [3.05, 3.63) is 23.2 Å². The molecule has 0 spiro atoms. The highest BCUT2D eigenvalue weighted by molar-refractivity contribution is 6.31. The number of aromatic nitrogens is 4. The lowest BCUT2D eigenvalue weighted by atomic mass is 10.1. The maximum absolute atomic E-state index is 6.01. The quantitative estimate of drug-likeness (QED) is 0.864. The fourth-order valence-electron chi connectivity index (χ4n) is 2.15. The number of nitrogen functional groups attached to an aromatic ring is 1. The van der Waals surface area contributed by atoms with Crippen LogP contribution in [0.2, 0.25) is 5.02 Å². The van der Waals surface area contributed by atoms with Gasteiger partial charge in [0.1, 0.15) is 0 Å². The topological polar surface area (TPSA) is 69.6 Å². The van der Waals surface area contributed by atoms with Crippen molar-refractivity contribution in [1.82, 2.24) is 20.2 Å². The molecular formula is C12H14ClN5. The van der Waals surface area contributed by atoms with Gasteiger partial charge in [-0.2, -0.15) is 0 Å². The molecule has 18 heavy (non-hydrogen) atoms. The molecule has 0 aliphatic heterocycles. The zero-order chi connectivity index (χ0) is 12.7. The van der Waals surface area contributed by atoms with Crippen molar-refractivity contribution >= 4 is 17.3 Å². The highest BCUT2D eigenvalue weighted by Gasteiger charge is 2.31. The highest BCUT2D eigenvalue weighted by Crippen LogP contribution is 2.40. The van der Waals surface area contributed by atoms with E-state index in [1.807, 2.05) is 4.68 Å². The molecule has 1 unspecified atom stereocenters. The first-order valence-electron chi connectivity index (χ1n) is 6.00. The Bertz CT molecular complexity index is 576. The van der Waals surface area contributed by atoms with Crippen LogP contribution in [0.5, 0.6) is 0 Å². The smallest absolute Gasteiger partial charge is 0.184 e. The van der Waals surface area contributed by atoms with Gasteiger partial charge in [0.25, 0.3) is 0 Å². The molecule has 3 rings (SSSR count). The lowest BCUT2D eigenvalue weighted by Crippen LogP contribution is -2.11. The van der Waals surface area contributed by atoms with E-state index in [1.54, 1.807) is 18.2 Å². The Labute approximate surface area is 110 Å².